The van der Waals surface area contributed by atoms with E-state index in [-0.39, 0.29) is 0 Å². The molecule has 1 aliphatic heterocycles. The van der Waals surface area contributed by atoms with Gasteiger partial charge in [0.2, 0.25) is 0 Å². The lowest BCUT2D eigenvalue weighted by molar-refractivity contribution is 0.437. The molecule has 0 N–H and O–H groups in total. The highest BCUT2D eigenvalue weighted by Gasteiger charge is 2.51. The maximum Gasteiger partial charge on any atom is 0.134 e. The smallest absolute Gasteiger partial charge is 0.134 e. The summed E-state index contributed by atoms with van der Waals surface area (Å²) in [5, 5.41) is 4.97. The Labute approximate surface area is 284 Å². The summed E-state index contributed by atoms with van der Waals surface area (Å²) in [7, 11) is 0. The molecule has 9 aromatic rings. The topological polar surface area (TPSA) is 14.2 Å². The van der Waals surface area contributed by atoms with E-state index in [1.165, 1.54) is 71.6 Å². The summed E-state index contributed by atoms with van der Waals surface area (Å²) >= 11 is 0. The van der Waals surface area contributed by atoms with E-state index in [1.54, 1.807) is 0 Å². The average Bonchev–Trinajstić information content (AvgIpc) is 3.65. The molecule has 11 rings (SSSR count). The van der Waals surface area contributed by atoms with Crippen LogP contribution in [0.3, 0.4) is 0 Å². The Kier molecular flexibility index (Phi) is 5.34. The number of nitrogens with zero attached hydrogens (tertiary/aromatic N) is 1. The number of ether oxygens (including phenoxy) is 1. The minimum Gasteiger partial charge on any atom is -0.457 e. The van der Waals surface area contributed by atoms with Crippen molar-refractivity contribution in [2.24, 2.45) is 0 Å². The molecule has 2 aliphatic rings. The van der Waals surface area contributed by atoms with Crippen molar-refractivity contribution in [3.05, 3.63) is 198 Å². The second-order valence-electron chi connectivity index (χ2n) is 13.2. The molecule has 0 atom stereocenters. The maximum absolute atomic E-state index is 6.94. The lowest BCUT2D eigenvalue weighted by Gasteiger charge is -2.39. The van der Waals surface area contributed by atoms with Gasteiger partial charge in [0.25, 0.3) is 0 Å². The Morgan fingerprint density at radius 2 is 1.04 bits per heavy atom. The third-order valence-electron chi connectivity index (χ3n) is 10.9. The minimum atomic E-state index is -0.512. The molecule has 0 amide bonds. The van der Waals surface area contributed by atoms with Crippen molar-refractivity contribution >= 4 is 32.6 Å². The van der Waals surface area contributed by atoms with Crippen LogP contribution in [0.1, 0.15) is 22.3 Å². The first kappa shape index (κ1) is 26.7. The summed E-state index contributed by atoms with van der Waals surface area (Å²) < 4.78 is 9.36. The van der Waals surface area contributed by atoms with Crippen molar-refractivity contribution in [2.45, 2.75) is 5.41 Å². The molecular weight excluding hydrogens is 595 g/mol. The van der Waals surface area contributed by atoms with Crippen molar-refractivity contribution in [1.29, 1.82) is 0 Å². The molecule has 2 nitrogen and oxygen atoms in total. The van der Waals surface area contributed by atoms with E-state index >= 15 is 0 Å². The summed E-state index contributed by atoms with van der Waals surface area (Å²) in [6.07, 6.45) is 0. The van der Waals surface area contributed by atoms with Gasteiger partial charge in [0.15, 0.2) is 0 Å². The molecule has 1 aromatic heterocycles. The van der Waals surface area contributed by atoms with Gasteiger partial charge in [-0.1, -0.05) is 140 Å². The van der Waals surface area contributed by atoms with Crippen LogP contribution in [0.4, 0.5) is 0 Å². The molecule has 0 saturated carbocycles. The van der Waals surface area contributed by atoms with Crippen LogP contribution in [-0.2, 0) is 5.41 Å². The third kappa shape index (κ3) is 3.50. The van der Waals surface area contributed by atoms with E-state index in [4.69, 9.17) is 4.74 Å². The van der Waals surface area contributed by atoms with Crippen LogP contribution in [0.25, 0.3) is 60.5 Å². The van der Waals surface area contributed by atoms with Crippen LogP contribution in [0, 0.1) is 0 Å². The third-order valence-corrected chi connectivity index (χ3v) is 10.9. The molecule has 49 heavy (non-hydrogen) atoms. The van der Waals surface area contributed by atoms with E-state index in [0.29, 0.717) is 0 Å². The first-order chi connectivity index (χ1) is 24.3. The second-order valence-corrected chi connectivity index (χ2v) is 13.2. The van der Waals surface area contributed by atoms with E-state index < -0.39 is 5.41 Å². The normalized spacial score (nSPS) is 13.6. The van der Waals surface area contributed by atoms with Crippen LogP contribution in [0.5, 0.6) is 11.5 Å². The molecule has 0 fully saturated rings. The lowest BCUT2D eigenvalue weighted by atomic mass is 9.66. The molecule has 8 aromatic carbocycles. The van der Waals surface area contributed by atoms with Crippen LogP contribution < -0.4 is 4.74 Å². The molecule has 2 heterocycles. The van der Waals surface area contributed by atoms with E-state index in [2.05, 4.69) is 180 Å². The zero-order chi connectivity index (χ0) is 32.1. The zero-order valence-electron chi connectivity index (χ0n) is 26.6. The van der Waals surface area contributed by atoms with E-state index in [1.807, 2.05) is 0 Å². The molecule has 0 unspecified atom stereocenters. The Balaban J connectivity index is 1.27. The Bertz CT molecular complexity index is 2740. The molecule has 0 radical (unpaired) electrons. The van der Waals surface area contributed by atoms with Gasteiger partial charge in [-0.2, -0.15) is 0 Å². The summed E-state index contributed by atoms with van der Waals surface area (Å²) in [5.74, 6) is 1.80. The van der Waals surface area contributed by atoms with Crippen molar-refractivity contribution in [3.63, 3.8) is 0 Å². The summed E-state index contributed by atoms with van der Waals surface area (Å²) in [4.78, 5) is 0. The second kappa shape index (κ2) is 9.82. The largest absolute Gasteiger partial charge is 0.457 e. The predicted octanol–water partition coefficient (Wildman–Crippen LogP) is 12.1. The Morgan fingerprint density at radius 3 is 1.82 bits per heavy atom. The minimum absolute atomic E-state index is 0.512. The fourth-order valence-corrected chi connectivity index (χ4v) is 8.85. The van der Waals surface area contributed by atoms with E-state index in [0.717, 1.165) is 22.7 Å². The monoisotopic (exact) mass is 623 g/mol. The van der Waals surface area contributed by atoms with Gasteiger partial charge in [-0.15, -0.1) is 0 Å². The highest BCUT2D eigenvalue weighted by atomic mass is 16.5. The van der Waals surface area contributed by atoms with Gasteiger partial charge in [0.1, 0.15) is 11.5 Å². The molecular formula is C47H29NO. The van der Waals surface area contributed by atoms with Gasteiger partial charge in [-0.25, -0.2) is 0 Å². The standard InChI is InChI=1S/C47H29NO/c1-2-12-30(13-3-1)31-22-25-33(26-23-31)48-42-27-24-32-14-4-5-15-34(32)46(42)37-28-41-45(29-43(37)48)49-44-21-11-10-20-40(44)47(41)38-18-8-6-16-35(38)36-17-7-9-19-39(36)47/h1-29H. The molecule has 1 spiro atoms. The van der Waals surface area contributed by atoms with Crippen molar-refractivity contribution < 1.29 is 4.74 Å². The number of rotatable bonds is 2. The first-order valence-electron chi connectivity index (χ1n) is 16.9. The van der Waals surface area contributed by atoms with Crippen LogP contribution in [0.2, 0.25) is 0 Å². The molecule has 0 saturated heterocycles. The van der Waals surface area contributed by atoms with Crippen molar-refractivity contribution in [1.82, 2.24) is 4.57 Å². The van der Waals surface area contributed by atoms with Gasteiger partial charge in [0, 0.05) is 33.7 Å². The number of benzene rings is 8. The van der Waals surface area contributed by atoms with Gasteiger partial charge in [-0.05, 0) is 74.5 Å². The van der Waals surface area contributed by atoms with Crippen molar-refractivity contribution in [3.8, 4) is 39.4 Å². The quantitative estimate of drug-likeness (QED) is 0.187. The van der Waals surface area contributed by atoms with Crippen molar-refractivity contribution in [2.75, 3.05) is 0 Å². The molecule has 2 heteroatoms. The van der Waals surface area contributed by atoms with Crippen LogP contribution in [-0.4, -0.2) is 4.57 Å². The zero-order valence-corrected chi connectivity index (χ0v) is 26.6. The molecule has 1 aliphatic carbocycles. The molecule has 228 valence electrons. The van der Waals surface area contributed by atoms with Gasteiger partial charge in [0.05, 0.1) is 16.4 Å². The maximum atomic E-state index is 6.94. The number of para-hydroxylation sites is 1. The Morgan fingerprint density at radius 1 is 0.408 bits per heavy atom. The van der Waals surface area contributed by atoms with Gasteiger partial charge < -0.3 is 9.30 Å². The summed E-state index contributed by atoms with van der Waals surface area (Å²) in [6.45, 7) is 0. The average molecular weight is 624 g/mol. The number of aromatic nitrogens is 1. The van der Waals surface area contributed by atoms with Crippen LogP contribution in [0.15, 0.2) is 176 Å². The Hall–Kier alpha value is -6.38. The number of hydrogen-bond acceptors (Lipinski definition) is 1. The first-order valence-corrected chi connectivity index (χ1v) is 16.9. The highest BCUT2D eigenvalue weighted by Crippen LogP contribution is 2.62. The molecule has 0 bridgehead atoms. The van der Waals surface area contributed by atoms with Gasteiger partial charge in [-0.3, -0.25) is 0 Å². The van der Waals surface area contributed by atoms with E-state index in [9.17, 15) is 0 Å². The van der Waals surface area contributed by atoms with Gasteiger partial charge >= 0.3 is 0 Å². The number of fused-ring (bicyclic) bond motifs is 14. The summed E-state index contributed by atoms with van der Waals surface area (Å²) in [6, 6.07) is 64.1. The predicted molar refractivity (Wildman–Crippen MR) is 201 cm³/mol. The SMILES string of the molecule is c1ccc(-c2ccc(-n3c4cc5c(cc4c4c6ccccc6ccc43)C3(c4ccccc4O5)c4ccccc4-c4ccccc43)cc2)cc1. The highest BCUT2D eigenvalue weighted by molar-refractivity contribution is 6.22. The fraction of sp³-hybridized carbons (Fsp3) is 0.0213. The number of hydrogen-bond donors (Lipinski definition) is 0. The summed E-state index contributed by atoms with van der Waals surface area (Å²) in [5.41, 5.74) is 12.9. The lowest BCUT2D eigenvalue weighted by Crippen LogP contribution is -2.32. The van der Waals surface area contributed by atoms with Crippen LogP contribution >= 0.6 is 0 Å². The fourth-order valence-electron chi connectivity index (χ4n) is 8.85.